The Hall–Kier alpha value is -2.11. The number of carbonyl (C=O) groups excluding carboxylic acids is 1. The van der Waals surface area contributed by atoms with Crippen molar-refractivity contribution in [3.05, 3.63) is 58.9 Å². The number of nitrogens with zero attached hydrogens (tertiary/aromatic N) is 2. The summed E-state index contributed by atoms with van der Waals surface area (Å²) < 4.78 is 5.34. The zero-order chi connectivity index (χ0) is 18.5. The maximum atomic E-state index is 12.9. The highest BCUT2D eigenvalue weighted by molar-refractivity contribution is 6.30. The number of piperidine rings is 1. The monoisotopic (exact) mass is 374 g/mol. The second kappa shape index (κ2) is 8.52. The van der Waals surface area contributed by atoms with Crippen molar-refractivity contribution in [3.63, 3.8) is 0 Å². The average Bonchev–Trinajstić information content (AvgIpc) is 2.67. The number of halogens is 1. The van der Waals surface area contributed by atoms with E-state index >= 15 is 0 Å². The second-order valence-corrected chi connectivity index (χ2v) is 6.96. The first-order valence-electron chi connectivity index (χ1n) is 8.80. The predicted molar refractivity (Wildman–Crippen MR) is 100 cm³/mol. The number of hydrogen-bond donors (Lipinski definition) is 1. The molecule has 0 bridgehead atoms. The van der Waals surface area contributed by atoms with Gasteiger partial charge in [0.05, 0.1) is 19.6 Å². The van der Waals surface area contributed by atoms with Crippen molar-refractivity contribution in [1.82, 2.24) is 9.88 Å². The number of amides is 1. The van der Waals surface area contributed by atoms with Gasteiger partial charge in [-0.25, -0.2) is 0 Å². The van der Waals surface area contributed by atoms with Crippen LogP contribution in [-0.2, 0) is 11.2 Å². The third kappa shape index (κ3) is 4.17. The van der Waals surface area contributed by atoms with Crippen LogP contribution in [0.15, 0.2) is 42.7 Å². The Morgan fingerprint density at radius 3 is 3.04 bits per heavy atom. The predicted octanol–water partition coefficient (Wildman–Crippen LogP) is 3.40. The van der Waals surface area contributed by atoms with Crippen LogP contribution in [0.2, 0.25) is 5.02 Å². The third-order valence-corrected chi connectivity index (χ3v) is 5.06. The summed E-state index contributed by atoms with van der Waals surface area (Å²) in [6.45, 7) is 0.643. The second-order valence-electron chi connectivity index (χ2n) is 6.52. The molecule has 1 N–H and O–H groups in total. The molecule has 138 valence electrons. The van der Waals surface area contributed by atoms with Crippen LogP contribution in [-0.4, -0.2) is 40.6 Å². The first kappa shape index (κ1) is 18.7. The van der Waals surface area contributed by atoms with Gasteiger partial charge in [-0.2, -0.15) is 0 Å². The number of aliphatic hydroxyl groups excluding tert-OH is 1. The van der Waals surface area contributed by atoms with Gasteiger partial charge in [0.15, 0.2) is 0 Å². The molecule has 1 aliphatic heterocycles. The fraction of sp³-hybridized carbons (Fsp3) is 0.400. The SMILES string of the molecule is COc1ccncc1C(O)C1CCCCN1C(=O)Cc1cccc(Cl)c1. The van der Waals surface area contributed by atoms with Gasteiger partial charge < -0.3 is 14.7 Å². The molecular formula is C20H23ClN2O3. The standard InChI is InChI=1S/C20H23ClN2O3/c1-26-18-8-9-22-13-16(18)20(25)17-7-2-3-10-23(17)19(24)12-14-5-4-6-15(21)11-14/h4-6,8-9,11,13,17,20,25H,2-3,7,10,12H2,1H3. The summed E-state index contributed by atoms with van der Waals surface area (Å²) in [5.74, 6) is 0.583. The Kier molecular flexibility index (Phi) is 6.12. The number of aliphatic hydroxyl groups is 1. The Morgan fingerprint density at radius 2 is 2.27 bits per heavy atom. The van der Waals surface area contributed by atoms with E-state index in [2.05, 4.69) is 4.98 Å². The summed E-state index contributed by atoms with van der Waals surface area (Å²) >= 11 is 6.02. The summed E-state index contributed by atoms with van der Waals surface area (Å²) in [5.41, 5.74) is 1.49. The number of rotatable bonds is 5. The van der Waals surface area contributed by atoms with Crippen LogP contribution in [0, 0.1) is 0 Å². The molecule has 5 nitrogen and oxygen atoms in total. The van der Waals surface area contributed by atoms with Crippen molar-refractivity contribution in [1.29, 1.82) is 0 Å². The molecule has 6 heteroatoms. The number of hydrogen-bond acceptors (Lipinski definition) is 4. The average molecular weight is 375 g/mol. The maximum Gasteiger partial charge on any atom is 0.227 e. The van der Waals surface area contributed by atoms with E-state index in [1.165, 1.54) is 0 Å². The van der Waals surface area contributed by atoms with E-state index < -0.39 is 6.10 Å². The van der Waals surface area contributed by atoms with Gasteiger partial charge in [0, 0.05) is 29.5 Å². The number of likely N-dealkylation sites (tertiary alicyclic amines) is 1. The highest BCUT2D eigenvalue weighted by Crippen LogP contribution is 2.33. The number of benzene rings is 1. The van der Waals surface area contributed by atoms with E-state index in [9.17, 15) is 9.90 Å². The van der Waals surface area contributed by atoms with Crippen LogP contribution in [0.3, 0.4) is 0 Å². The lowest BCUT2D eigenvalue weighted by Crippen LogP contribution is -2.47. The van der Waals surface area contributed by atoms with Crippen molar-refractivity contribution in [3.8, 4) is 5.75 Å². The molecule has 2 unspecified atom stereocenters. The van der Waals surface area contributed by atoms with E-state index in [0.717, 1.165) is 24.8 Å². The van der Waals surface area contributed by atoms with Crippen LogP contribution in [0.4, 0.5) is 0 Å². The zero-order valence-electron chi connectivity index (χ0n) is 14.8. The lowest BCUT2D eigenvalue weighted by molar-refractivity contribution is -0.137. The van der Waals surface area contributed by atoms with Crippen LogP contribution in [0.25, 0.3) is 0 Å². The molecule has 0 spiro atoms. The third-order valence-electron chi connectivity index (χ3n) is 4.83. The molecule has 1 amide bonds. The topological polar surface area (TPSA) is 62.7 Å². The van der Waals surface area contributed by atoms with Gasteiger partial charge in [-0.1, -0.05) is 23.7 Å². The summed E-state index contributed by atoms with van der Waals surface area (Å²) in [6.07, 6.45) is 5.34. The lowest BCUT2D eigenvalue weighted by atomic mass is 9.92. The normalized spacial score (nSPS) is 18.4. The van der Waals surface area contributed by atoms with Gasteiger partial charge in [0.1, 0.15) is 11.9 Å². The number of carbonyl (C=O) groups is 1. The molecule has 26 heavy (non-hydrogen) atoms. The molecule has 1 aromatic heterocycles. The van der Waals surface area contributed by atoms with Gasteiger partial charge in [-0.3, -0.25) is 9.78 Å². The van der Waals surface area contributed by atoms with Gasteiger partial charge >= 0.3 is 0 Å². The van der Waals surface area contributed by atoms with Gasteiger partial charge in [-0.05, 0) is 43.0 Å². The Morgan fingerprint density at radius 1 is 1.42 bits per heavy atom. The maximum absolute atomic E-state index is 12.9. The summed E-state index contributed by atoms with van der Waals surface area (Å²) in [7, 11) is 1.56. The van der Waals surface area contributed by atoms with Gasteiger partial charge in [0.2, 0.25) is 5.91 Å². The molecule has 3 rings (SSSR count). The number of pyridine rings is 1. The van der Waals surface area contributed by atoms with Crippen molar-refractivity contribution in [2.45, 2.75) is 37.8 Å². The molecule has 2 aromatic rings. The van der Waals surface area contributed by atoms with Crippen molar-refractivity contribution < 1.29 is 14.6 Å². The van der Waals surface area contributed by atoms with Crippen LogP contribution in [0.1, 0.15) is 36.5 Å². The van der Waals surface area contributed by atoms with E-state index in [4.69, 9.17) is 16.3 Å². The van der Waals surface area contributed by atoms with Crippen molar-refractivity contribution >= 4 is 17.5 Å². The molecule has 2 heterocycles. The minimum atomic E-state index is -0.831. The van der Waals surface area contributed by atoms with Crippen LogP contribution >= 0.6 is 11.6 Å². The minimum absolute atomic E-state index is 0.00104. The molecule has 1 aliphatic rings. The fourth-order valence-electron chi connectivity index (χ4n) is 3.53. The Balaban J connectivity index is 1.79. The van der Waals surface area contributed by atoms with Crippen molar-refractivity contribution in [2.75, 3.05) is 13.7 Å². The van der Waals surface area contributed by atoms with E-state index in [1.54, 1.807) is 42.6 Å². The summed E-state index contributed by atoms with van der Waals surface area (Å²) in [4.78, 5) is 18.8. The summed E-state index contributed by atoms with van der Waals surface area (Å²) in [6, 6.07) is 8.77. The first-order chi connectivity index (χ1) is 12.6. The van der Waals surface area contributed by atoms with Crippen molar-refractivity contribution in [2.24, 2.45) is 0 Å². The quantitative estimate of drug-likeness (QED) is 0.871. The molecule has 0 aliphatic carbocycles. The van der Waals surface area contributed by atoms with E-state index in [1.807, 2.05) is 12.1 Å². The zero-order valence-corrected chi connectivity index (χ0v) is 15.5. The fourth-order valence-corrected chi connectivity index (χ4v) is 3.74. The van der Waals surface area contributed by atoms with Crippen LogP contribution in [0.5, 0.6) is 5.75 Å². The lowest BCUT2D eigenvalue weighted by Gasteiger charge is -2.39. The largest absolute Gasteiger partial charge is 0.496 e. The van der Waals surface area contributed by atoms with Gasteiger partial charge in [0.25, 0.3) is 0 Å². The molecule has 1 saturated heterocycles. The molecule has 1 fully saturated rings. The number of aromatic nitrogens is 1. The van der Waals surface area contributed by atoms with E-state index in [0.29, 0.717) is 22.9 Å². The molecule has 1 aromatic carbocycles. The molecule has 0 radical (unpaired) electrons. The van der Waals surface area contributed by atoms with Gasteiger partial charge in [-0.15, -0.1) is 0 Å². The number of ether oxygens (including phenoxy) is 1. The first-order valence-corrected chi connectivity index (χ1v) is 9.18. The molecule has 0 saturated carbocycles. The molecular weight excluding hydrogens is 352 g/mol. The number of methoxy groups -OCH3 is 1. The van der Waals surface area contributed by atoms with Crippen LogP contribution < -0.4 is 4.74 Å². The Labute approximate surface area is 158 Å². The highest BCUT2D eigenvalue weighted by Gasteiger charge is 2.34. The highest BCUT2D eigenvalue weighted by atomic mass is 35.5. The smallest absolute Gasteiger partial charge is 0.227 e. The Bertz CT molecular complexity index is 768. The van der Waals surface area contributed by atoms with E-state index in [-0.39, 0.29) is 18.4 Å². The summed E-state index contributed by atoms with van der Waals surface area (Å²) in [5, 5.41) is 11.6. The molecule has 2 atom stereocenters. The minimum Gasteiger partial charge on any atom is -0.496 e.